The number of ether oxygens (including phenoxy) is 2. The molecular formula is C11H15N5O4S. The van der Waals surface area contributed by atoms with Gasteiger partial charge in [0.05, 0.1) is 6.61 Å². The van der Waals surface area contributed by atoms with Crippen molar-refractivity contribution in [2.24, 2.45) is 0 Å². The lowest BCUT2D eigenvalue weighted by molar-refractivity contribution is -0.0589. The van der Waals surface area contributed by atoms with Gasteiger partial charge in [-0.3, -0.25) is 4.57 Å². The maximum Gasteiger partial charge on any atom is 0.181 e. The van der Waals surface area contributed by atoms with Gasteiger partial charge in [0.1, 0.15) is 30.2 Å². The Morgan fingerprint density at radius 2 is 2.33 bits per heavy atom. The summed E-state index contributed by atoms with van der Waals surface area (Å²) < 4.78 is 12.8. The summed E-state index contributed by atoms with van der Waals surface area (Å²) in [5, 5.41) is 19.4. The molecule has 0 unspecified atom stereocenters. The molecule has 1 fully saturated rings. The van der Waals surface area contributed by atoms with Crippen LogP contribution in [0.4, 0.5) is 5.82 Å². The first-order valence-electron chi connectivity index (χ1n) is 6.26. The summed E-state index contributed by atoms with van der Waals surface area (Å²) in [5.41, 5.74) is 6.72. The molecule has 114 valence electrons. The predicted molar refractivity (Wildman–Crippen MR) is 74.9 cm³/mol. The summed E-state index contributed by atoms with van der Waals surface area (Å²) in [7, 11) is 1.45. The Morgan fingerprint density at radius 1 is 1.57 bits per heavy atom. The fourth-order valence-electron chi connectivity index (χ4n) is 2.52. The van der Waals surface area contributed by atoms with Crippen LogP contribution in [0.25, 0.3) is 11.2 Å². The molecule has 0 spiro atoms. The van der Waals surface area contributed by atoms with E-state index >= 15 is 0 Å². The maximum absolute atomic E-state index is 10.1. The molecule has 0 bridgehead atoms. The van der Waals surface area contributed by atoms with Gasteiger partial charge in [-0.2, -0.15) is 0 Å². The minimum atomic E-state index is -0.976. The lowest BCUT2D eigenvalue weighted by Gasteiger charge is -2.20. The third kappa shape index (κ3) is 2.12. The second-order valence-corrected chi connectivity index (χ2v) is 5.08. The Kier molecular flexibility index (Phi) is 3.63. The highest BCUT2D eigenvalue weighted by molar-refractivity contribution is 7.71. The monoisotopic (exact) mass is 313 g/mol. The summed E-state index contributed by atoms with van der Waals surface area (Å²) in [4.78, 5) is 10.9. The van der Waals surface area contributed by atoms with E-state index in [1.807, 2.05) is 0 Å². The number of nitrogens with zero attached hydrogens (tertiary/aromatic N) is 3. The van der Waals surface area contributed by atoms with Crippen LogP contribution in [0.3, 0.4) is 0 Å². The van der Waals surface area contributed by atoms with Crippen molar-refractivity contribution >= 4 is 29.2 Å². The molecule has 2 aromatic heterocycles. The zero-order valence-electron chi connectivity index (χ0n) is 11.1. The van der Waals surface area contributed by atoms with Gasteiger partial charge < -0.3 is 30.4 Å². The molecule has 5 N–H and O–H groups in total. The Hall–Kier alpha value is -1.59. The summed E-state index contributed by atoms with van der Waals surface area (Å²) >= 11 is 5.27. The number of rotatable bonds is 3. The highest BCUT2D eigenvalue weighted by atomic mass is 32.1. The average Bonchev–Trinajstić information content (AvgIpc) is 2.96. The highest BCUT2D eigenvalue weighted by Gasteiger charge is 2.45. The minimum absolute atomic E-state index is 0.260. The first-order chi connectivity index (χ1) is 10.1. The largest absolute Gasteiger partial charge is 0.394 e. The quantitative estimate of drug-likeness (QED) is 0.549. The molecule has 1 aliphatic heterocycles. The Morgan fingerprint density at radius 3 is 3.00 bits per heavy atom. The number of hydrogen-bond donors (Lipinski definition) is 4. The Labute approximate surface area is 124 Å². The van der Waals surface area contributed by atoms with Gasteiger partial charge in [-0.25, -0.2) is 9.97 Å². The number of nitrogens with two attached hydrogens (primary N) is 1. The molecule has 0 radical (unpaired) electrons. The van der Waals surface area contributed by atoms with Crippen LogP contribution >= 0.6 is 12.2 Å². The molecular weight excluding hydrogens is 298 g/mol. The van der Waals surface area contributed by atoms with Gasteiger partial charge in [-0.05, 0) is 12.2 Å². The lowest BCUT2D eigenvalue weighted by atomic mass is 10.1. The summed E-state index contributed by atoms with van der Waals surface area (Å²) in [6.07, 6.45) is -1.84. The van der Waals surface area contributed by atoms with Crippen molar-refractivity contribution in [1.29, 1.82) is 0 Å². The van der Waals surface area contributed by atoms with Crippen molar-refractivity contribution in [3.05, 3.63) is 11.1 Å². The van der Waals surface area contributed by atoms with Gasteiger partial charge in [0.25, 0.3) is 0 Å². The SMILES string of the molecule is CO[C@@H]1[C@H](O)[C@@H](CO)O[C@H]1n1c(=S)[nH]c2c(N)ncnc21. The van der Waals surface area contributed by atoms with Crippen molar-refractivity contribution in [2.75, 3.05) is 19.5 Å². The molecule has 3 rings (SSSR count). The van der Waals surface area contributed by atoms with Crippen LogP contribution in [-0.4, -0.2) is 61.8 Å². The number of aromatic amines is 1. The van der Waals surface area contributed by atoms with Gasteiger partial charge in [-0.15, -0.1) is 0 Å². The number of H-pyrrole nitrogens is 1. The third-order valence-electron chi connectivity index (χ3n) is 3.55. The number of nitrogens with one attached hydrogen (secondary N) is 1. The zero-order chi connectivity index (χ0) is 15.1. The van der Waals surface area contributed by atoms with Crippen LogP contribution in [0, 0.1) is 4.77 Å². The smallest absolute Gasteiger partial charge is 0.181 e. The van der Waals surface area contributed by atoms with Gasteiger partial charge in [0, 0.05) is 7.11 Å². The lowest BCUT2D eigenvalue weighted by Crippen LogP contribution is -2.34. The van der Waals surface area contributed by atoms with E-state index in [1.54, 1.807) is 4.57 Å². The van der Waals surface area contributed by atoms with E-state index in [2.05, 4.69) is 15.0 Å². The molecule has 1 aliphatic rings. The van der Waals surface area contributed by atoms with Crippen molar-refractivity contribution in [3.8, 4) is 0 Å². The van der Waals surface area contributed by atoms with Crippen molar-refractivity contribution < 1.29 is 19.7 Å². The van der Waals surface area contributed by atoms with Crippen LogP contribution in [0.5, 0.6) is 0 Å². The number of nitrogen functional groups attached to an aromatic ring is 1. The molecule has 4 atom stereocenters. The standard InChI is InChI=1S/C11H15N5O4S/c1-19-7-6(18)4(2-17)20-10(7)16-9-5(15-11(16)21)8(12)13-3-14-9/h3-4,6-7,10,17-18H,2H2,1H3,(H,15,21)(H2,12,13,14)/t4-,6-,7-,10-/m1/s1. The van der Waals surface area contributed by atoms with Gasteiger partial charge in [-0.1, -0.05) is 0 Å². The highest BCUT2D eigenvalue weighted by Crippen LogP contribution is 2.33. The van der Waals surface area contributed by atoms with E-state index < -0.39 is 24.5 Å². The fraction of sp³-hybridized carbons (Fsp3) is 0.545. The zero-order valence-corrected chi connectivity index (χ0v) is 11.9. The molecule has 3 heterocycles. The summed E-state index contributed by atoms with van der Waals surface area (Å²) in [6.45, 7) is -0.329. The molecule has 9 nitrogen and oxygen atoms in total. The normalized spacial score (nSPS) is 29.3. The molecule has 0 saturated carbocycles. The molecule has 0 amide bonds. The number of methoxy groups -OCH3 is 1. The van der Waals surface area contributed by atoms with Gasteiger partial charge in [0.2, 0.25) is 0 Å². The number of imidazole rings is 1. The van der Waals surface area contributed by atoms with E-state index in [1.165, 1.54) is 13.4 Å². The second kappa shape index (κ2) is 5.31. The second-order valence-electron chi connectivity index (χ2n) is 4.70. The van der Waals surface area contributed by atoms with Crippen molar-refractivity contribution in [3.63, 3.8) is 0 Å². The fourth-order valence-corrected chi connectivity index (χ4v) is 2.82. The van der Waals surface area contributed by atoms with Crippen LogP contribution < -0.4 is 5.73 Å². The van der Waals surface area contributed by atoms with Crippen LogP contribution in [0.2, 0.25) is 0 Å². The van der Waals surface area contributed by atoms with E-state index in [-0.39, 0.29) is 12.4 Å². The molecule has 21 heavy (non-hydrogen) atoms. The number of anilines is 1. The van der Waals surface area contributed by atoms with Gasteiger partial charge in [0.15, 0.2) is 22.5 Å². The average molecular weight is 313 g/mol. The number of aromatic nitrogens is 4. The first kappa shape index (κ1) is 14.4. The van der Waals surface area contributed by atoms with E-state index in [0.29, 0.717) is 15.9 Å². The number of fused-ring (bicyclic) bond motifs is 1. The minimum Gasteiger partial charge on any atom is -0.394 e. The van der Waals surface area contributed by atoms with Gasteiger partial charge >= 0.3 is 0 Å². The number of aliphatic hydroxyl groups is 2. The first-order valence-corrected chi connectivity index (χ1v) is 6.67. The topological polar surface area (TPSA) is 131 Å². The number of hydrogen-bond acceptors (Lipinski definition) is 8. The predicted octanol–water partition coefficient (Wildman–Crippen LogP) is -0.663. The van der Waals surface area contributed by atoms with Crippen LogP contribution in [0.1, 0.15) is 6.23 Å². The Balaban J connectivity index is 2.14. The number of aliphatic hydroxyl groups excluding tert-OH is 2. The molecule has 2 aromatic rings. The van der Waals surface area contributed by atoms with E-state index in [0.717, 1.165) is 0 Å². The van der Waals surface area contributed by atoms with Crippen molar-refractivity contribution in [2.45, 2.75) is 24.5 Å². The maximum atomic E-state index is 10.1. The van der Waals surface area contributed by atoms with E-state index in [9.17, 15) is 10.2 Å². The molecule has 1 saturated heterocycles. The third-order valence-corrected chi connectivity index (χ3v) is 3.85. The Bertz CT molecular complexity index is 716. The molecule has 10 heteroatoms. The summed E-state index contributed by atoms with van der Waals surface area (Å²) in [6, 6.07) is 0. The summed E-state index contributed by atoms with van der Waals surface area (Å²) in [5.74, 6) is 0.260. The van der Waals surface area contributed by atoms with Crippen LogP contribution in [0.15, 0.2) is 6.33 Å². The van der Waals surface area contributed by atoms with E-state index in [4.69, 9.17) is 27.4 Å². The molecule has 0 aliphatic carbocycles. The van der Waals surface area contributed by atoms with Crippen LogP contribution in [-0.2, 0) is 9.47 Å². The van der Waals surface area contributed by atoms with Crippen molar-refractivity contribution in [1.82, 2.24) is 19.5 Å². The molecule has 0 aromatic carbocycles.